The number of hydrogen-bond donors (Lipinski definition) is 1. The maximum atomic E-state index is 12.0. The molecule has 0 saturated carbocycles. The van der Waals surface area contributed by atoms with Crippen LogP contribution in [0.3, 0.4) is 0 Å². The van der Waals surface area contributed by atoms with Crippen LogP contribution in [0.4, 0.5) is 0 Å². The fourth-order valence-corrected chi connectivity index (χ4v) is 2.99. The molecule has 0 bridgehead atoms. The molecule has 0 aliphatic heterocycles. The number of nitrogens with one attached hydrogen (secondary N) is 1. The SMILES string of the molecule is O=S(=O)(NCCOCc1ccccc1)c1ccc(Br)cc1. The molecule has 2 rings (SSSR count). The Labute approximate surface area is 133 Å². The second-order valence-corrected chi connectivity index (χ2v) is 7.07. The Hall–Kier alpha value is -1.21. The average Bonchev–Trinajstić information content (AvgIpc) is 2.48. The van der Waals surface area contributed by atoms with Crippen LogP contribution in [-0.2, 0) is 21.4 Å². The lowest BCUT2D eigenvalue weighted by Crippen LogP contribution is -2.27. The van der Waals surface area contributed by atoms with Gasteiger partial charge < -0.3 is 4.74 Å². The molecule has 6 heteroatoms. The van der Waals surface area contributed by atoms with E-state index in [1.807, 2.05) is 30.3 Å². The summed E-state index contributed by atoms with van der Waals surface area (Å²) in [7, 11) is -3.47. The van der Waals surface area contributed by atoms with E-state index in [4.69, 9.17) is 4.74 Å². The lowest BCUT2D eigenvalue weighted by Gasteiger charge is -2.08. The smallest absolute Gasteiger partial charge is 0.240 e. The van der Waals surface area contributed by atoms with Crippen LogP contribution in [0.5, 0.6) is 0 Å². The van der Waals surface area contributed by atoms with Gasteiger partial charge in [-0.05, 0) is 29.8 Å². The predicted molar refractivity (Wildman–Crippen MR) is 85.4 cm³/mol. The maximum absolute atomic E-state index is 12.0. The second kappa shape index (κ2) is 7.70. The van der Waals surface area contributed by atoms with Crippen LogP contribution in [0.25, 0.3) is 0 Å². The molecule has 112 valence electrons. The third-order valence-corrected chi connectivity index (χ3v) is 4.78. The Kier molecular flexibility index (Phi) is 5.93. The quantitative estimate of drug-likeness (QED) is 0.763. The highest BCUT2D eigenvalue weighted by Gasteiger charge is 2.12. The van der Waals surface area contributed by atoms with E-state index in [9.17, 15) is 8.42 Å². The molecule has 2 aromatic carbocycles. The second-order valence-electron chi connectivity index (χ2n) is 4.39. The normalized spacial score (nSPS) is 11.5. The fourth-order valence-electron chi connectivity index (χ4n) is 1.71. The van der Waals surface area contributed by atoms with E-state index < -0.39 is 10.0 Å². The first-order valence-electron chi connectivity index (χ1n) is 6.45. The minimum absolute atomic E-state index is 0.241. The van der Waals surface area contributed by atoms with Crippen LogP contribution in [-0.4, -0.2) is 21.6 Å². The van der Waals surface area contributed by atoms with Gasteiger partial charge in [-0.25, -0.2) is 13.1 Å². The average molecular weight is 370 g/mol. The summed E-state index contributed by atoms with van der Waals surface area (Å²) in [6.45, 7) is 1.04. The number of rotatable bonds is 7. The molecule has 0 heterocycles. The molecule has 0 spiro atoms. The highest BCUT2D eigenvalue weighted by atomic mass is 79.9. The van der Waals surface area contributed by atoms with Crippen molar-refractivity contribution in [3.8, 4) is 0 Å². The minimum Gasteiger partial charge on any atom is -0.375 e. The van der Waals surface area contributed by atoms with Crippen molar-refractivity contribution in [2.45, 2.75) is 11.5 Å². The van der Waals surface area contributed by atoms with Gasteiger partial charge in [-0.15, -0.1) is 0 Å². The monoisotopic (exact) mass is 369 g/mol. The van der Waals surface area contributed by atoms with E-state index in [1.165, 1.54) is 0 Å². The number of benzene rings is 2. The molecule has 4 nitrogen and oxygen atoms in total. The first kappa shape index (κ1) is 16.2. The standard InChI is InChI=1S/C15H16BrNO3S/c16-14-6-8-15(9-7-14)21(18,19)17-10-11-20-12-13-4-2-1-3-5-13/h1-9,17H,10-12H2. The van der Waals surface area contributed by atoms with Crippen LogP contribution in [0, 0.1) is 0 Å². The summed E-state index contributed by atoms with van der Waals surface area (Å²) in [4.78, 5) is 0.244. The maximum Gasteiger partial charge on any atom is 0.240 e. The van der Waals surface area contributed by atoms with Gasteiger partial charge in [0.1, 0.15) is 0 Å². The zero-order chi connectivity index (χ0) is 15.1. The minimum atomic E-state index is -3.47. The first-order chi connectivity index (χ1) is 10.1. The van der Waals surface area contributed by atoms with E-state index in [-0.39, 0.29) is 11.4 Å². The highest BCUT2D eigenvalue weighted by Crippen LogP contribution is 2.14. The summed E-state index contributed by atoms with van der Waals surface area (Å²) in [5, 5.41) is 0. The summed E-state index contributed by atoms with van der Waals surface area (Å²) in [6, 6.07) is 16.2. The summed E-state index contributed by atoms with van der Waals surface area (Å²) in [6.07, 6.45) is 0. The van der Waals surface area contributed by atoms with Crippen molar-refractivity contribution >= 4 is 26.0 Å². The Morgan fingerprint density at radius 3 is 2.33 bits per heavy atom. The molecule has 0 aromatic heterocycles. The van der Waals surface area contributed by atoms with Crippen molar-refractivity contribution < 1.29 is 13.2 Å². The van der Waals surface area contributed by atoms with Crippen LogP contribution >= 0.6 is 15.9 Å². The third kappa shape index (κ3) is 5.24. The first-order valence-corrected chi connectivity index (χ1v) is 8.72. The van der Waals surface area contributed by atoms with Gasteiger partial charge in [0.25, 0.3) is 0 Å². The molecular weight excluding hydrogens is 354 g/mol. The largest absolute Gasteiger partial charge is 0.375 e. The number of halogens is 1. The van der Waals surface area contributed by atoms with Gasteiger partial charge in [-0.3, -0.25) is 0 Å². The predicted octanol–water partition coefficient (Wildman–Crippen LogP) is 2.94. The topological polar surface area (TPSA) is 55.4 Å². The molecule has 0 aliphatic carbocycles. The molecule has 0 unspecified atom stereocenters. The van der Waals surface area contributed by atoms with Crippen molar-refractivity contribution in [2.75, 3.05) is 13.2 Å². The molecule has 0 aliphatic rings. The van der Waals surface area contributed by atoms with Gasteiger partial charge in [0.05, 0.1) is 18.1 Å². The lowest BCUT2D eigenvalue weighted by molar-refractivity contribution is 0.126. The third-order valence-electron chi connectivity index (χ3n) is 2.77. The Morgan fingerprint density at radius 1 is 1.00 bits per heavy atom. The van der Waals surface area contributed by atoms with E-state index in [0.717, 1.165) is 10.0 Å². The molecular formula is C15H16BrNO3S. The van der Waals surface area contributed by atoms with Gasteiger partial charge in [0.15, 0.2) is 0 Å². The van der Waals surface area contributed by atoms with E-state index in [2.05, 4.69) is 20.7 Å². The van der Waals surface area contributed by atoms with E-state index >= 15 is 0 Å². The van der Waals surface area contributed by atoms with Crippen molar-refractivity contribution in [2.24, 2.45) is 0 Å². The molecule has 21 heavy (non-hydrogen) atoms. The molecule has 0 amide bonds. The highest BCUT2D eigenvalue weighted by molar-refractivity contribution is 9.10. The molecule has 2 aromatic rings. The molecule has 0 saturated heterocycles. The van der Waals surface area contributed by atoms with Gasteiger partial charge in [0, 0.05) is 11.0 Å². The summed E-state index contributed by atoms with van der Waals surface area (Å²) < 4.78 is 32.8. The van der Waals surface area contributed by atoms with Crippen molar-refractivity contribution in [3.05, 3.63) is 64.6 Å². The molecule has 1 N–H and O–H groups in total. The number of ether oxygens (including phenoxy) is 1. The molecule has 0 radical (unpaired) electrons. The number of sulfonamides is 1. The number of hydrogen-bond acceptors (Lipinski definition) is 3. The Morgan fingerprint density at radius 2 is 1.67 bits per heavy atom. The van der Waals surface area contributed by atoms with Gasteiger partial charge >= 0.3 is 0 Å². The summed E-state index contributed by atoms with van der Waals surface area (Å²) in [5.74, 6) is 0. The summed E-state index contributed by atoms with van der Waals surface area (Å²) >= 11 is 3.27. The Balaban J connectivity index is 1.76. The van der Waals surface area contributed by atoms with Crippen LogP contribution in [0.15, 0.2) is 64.0 Å². The van der Waals surface area contributed by atoms with Gasteiger partial charge in [0.2, 0.25) is 10.0 Å². The van der Waals surface area contributed by atoms with Crippen molar-refractivity contribution in [3.63, 3.8) is 0 Å². The fraction of sp³-hybridized carbons (Fsp3) is 0.200. The van der Waals surface area contributed by atoms with Gasteiger partial charge in [-0.2, -0.15) is 0 Å². The lowest BCUT2D eigenvalue weighted by atomic mass is 10.2. The van der Waals surface area contributed by atoms with Crippen LogP contribution in [0.2, 0.25) is 0 Å². The Bertz CT molecular complexity index is 657. The van der Waals surface area contributed by atoms with Crippen molar-refractivity contribution in [1.29, 1.82) is 0 Å². The van der Waals surface area contributed by atoms with E-state index in [1.54, 1.807) is 24.3 Å². The van der Waals surface area contributed by atoms with Gasteiger partial charge in [-0.1, -0.05) is 46.3 Å². The molecule has 0 atom stereocenters. The van der Waals surface area contributed by atoms with Crippen molar-refractivity contribution in [1.82, 2.24) is 4.72 Å². The van der Waals surface area contributed by atoms with Crippen LogP contribution in [0.1, 0.15) is 5.56 Å². The molecule has 0 fully saturated rings. The zero-order valence-electron chi connectivity index (χ0n) is 11.3. The van der Waals surface area contributed by atoms with Crippen LogP contribution < -0.4 is 4.72 Å². The zero-order valence-corrected chi connectivity index (χ0v) is 13.7. The van der Waals surface area contributed by atoms with E-state index in [0.29, 0.717) is 13.2 Å². The summed E-state index contributed by atoms with van der Waals surface area (Å²) in [5.41, 5.74) is 1.06.